The molecule has 1 aromatic rings. The third-order valence-electron chi connectivity index (χ3n) is 2.38. The van der Waals surface area contributed by atoms with Crippen LogP contribution in [0.2, 0.25) is 0 Å². The van der Waals surface area contributed by atoms with Crippen molar-refractivity contribution in [2.45, 2.75) is 12.3 Å². The van der Waals surface area contributed by atoms with Crippen LogP contribution in [0.5, 0.6) is 0 Å². The Balaban J connectivity index is 3.08. The SMILES string of the molecule is C=CCC(c1cccc(Br)c1)C(C#N)C#N. The lowest BCUT2D eigenvalue weighted by atomic mass is 9.85. The Hall–Kier alpha value is -1.58. The number of benzene rings is 1. The molecular weight excluding hydrogens is 264 g/mol. The average Bonchev–Trinajstić information content (AvgIpc) is 2.29. The molecule has 1 rings (SSSR count). The van der Waals surface area contributed by atoms with Crippen LogP contribution in [0.1, 0.15) is 17.9 Å². The van der Waals surface area contributed by atoms with Gasteiger partial charge in [0.05, 0.1) is 12.1 Å². The van der Waals surface area contributed by atoms with Gasteiger partial charge in [-0.15, -0.1) is 6.58 Å². The van der Waals surface area contributed by atoms with Gasteiger partial charge in [-0.25, -0.2) is 0 Å². The molecular formula is C13H11BrN2. The fourth-order valence-electron chi connectivity index (χ4n) is 1.59. The molecule has 0 aliphatic heterocycles. The van der Waals surface area contributed by atoms with Crippen LogP contribution in [0.25, 0.3) is 0 Å². The van der Waals surface area contributed by atoms with E-state index in [0.717, 1.165) is 10.0 Å². The van der Waals surface area contributed by atoms with Gasteiger partial charge in [-0.1, -0.05) is 34.1 Å². The van der Waals surface area contributed by atoms with Gasteiger partial charge < -0.3 is 0 Å². The van der Waals surface area contributed by atoms with Gasteiger partial charge in [0.25, 0.3) is 0 Å². The van der Waals surface area contributed by atoms with Crippen LogP contribution in [0.15, 0.2) is 41.4 Å². The predicted octanol–water partition coefficient (Wildman–Crippen LogP) is 3.77. The lowest BCUT2D eigenvalue weighted by Crippen LogP contribution is -2.08. The number of nitriles is 2. The number of rotatable bonds is 4. The van der Waals surface area contributed by atoms with Crippen molar-refractivity contribution in [1.82, 2.24) is 0 Å². The molecule has 16 heavy (non-hydrogen) atoms. The highest BCUT2D eigenvalue weighted by molar-refractivity contribution is 9.10. The molecule has 0 heterocycles. The Kier molecular flexibility index (Phi) is 4.76. The molecule has 0 fully saturated rings. The quantitative estimate of drug-likeness (QED) is 0.785. The normalized spacial score (nSPS) is 11.5. The van der Waals surface area contributed by atoms with E-state index in [0.29, 0.717) is 6.42 Å². The van der Waals surface area contributed by atoms with E-state index < -0.39 is 5.92 Å². The van der Waals surface area contributed by atoms with Crippen molar-refractivity contribution in [3.8, 4) is 12.1 Å². The third kappa shape index (κ3) is 2.95. The summed E-state index contributed by atoms with van der Waals surface area (Å²) < 4.78 is 0.952. The second-order valence-electron chi connectivity index (χ2n) is 3.42. The van der Waals surface area contributed by atoms with Crippen LogP contribution in [-0.4, -0.2) is 0 Å². The van der Waals surface area contributed by atoms with E-state index in [-0.39, 0.29) is 5.92 Å². The van der Waals surface area contributed by atoms with Crippen LogP contribution in [0.4, 0.5) is 0 Å². The Bertz CT molecular complexity index is 440. The Morgan fingerprint density at radius 1 is 1.38 bits per heavy atom. The van der Waals surface area contributed by atoms with E-state index in [4.69, 9.17) is 10.5 Å². The van der Waals surface area contributed by atoms with Crippen molar-refractivity contribution < 1.29 is 0 Å². The number of halogens is 1. The van der Waals surface area contributed by atoms with Gasteiger partial charge in [-0.05, 0) is 24.1 Å². The van der Waals surface area contributed by atoms with Gasteiger partial charge in [-0.3, -0.25) is 0 Å². The van der Waals surface area contributed by atoms with Gasteiger partial charge in [0.1, 0.15) is 5.92 Å². The molecule has 80 valence electrons. The van der Waals surface area contributed by atoms with Crippen molar-refractivity contribution in [3.05, 3.63) is 47.0 Å². The Labute approximate surface area is 104 Å². The maximum Gasteiger partial charge on any atom is 0.140 e. The van der Waals surface area contributed by atoms with E-state index in [1.807, 2.05) is 36.4 Å². The van der Waals surface area contributed by atoms with E-state index in [2.05, 4.69) is 22.5 Å². The van der Waals surface area contributed by atoms with Gasteiger partial charge in [0.15, 0.2) is 0 Å². The minimum absolute atomic E-state index is 0.106. The largest absolute Gasteiger partial charge is 0.197 e. The topological polar surface area (TPSA) is 47.6 Å². The molecule has 0 aliphatic carbocycles. The van der Waals surface area contributed by atoms with Gasteiger partial charge in [0, 0.05) is 10.4 Å². The highest BCUT2D eigenvalue weighted by atomic mass is 79.9. The first-order valence-corrected chi connectivity index (χ1v) is 5.67. The monoisotopic (exact) mass is 274 g/mol. The minimum atomic E-state index is -0.632. The molecule has 0 aliphatic rings. The minimum Gasteiger partial charge on any atom is -0.197 e. The van der Waals surface area contributed by atoms with Crippen LogP contribution in [0, 0.1) is 28.6 Å². The third-order valence-corrected chi connectivity index (χ3v) is 2.87. The molecule has 1 atom stereocenters. The van der Waals surface area contributed by atoms with E-state index >= 15 is 0 Å². The first-order chi connectivity index (χ1) is 7.72. The fourth-order valence-corrected chi connectivity index (χ4v) is 2.01. The first kappa shape index (κ1) is 12.5. The molecule has 0 radical (unpaired) electrons. The van der Waals surface area contributed by atoms with E-state index in [9.17, 15) is 0 Å². The van der Waals surface area contributed by atoms with Crippen LogP contribution in [-0.2, 0) is 0 Å². The summed E-state index contributed by atoms with van der Waals surface area (Å²) >= 11 is 3.38. The summed E-state index contributed by atoms with van der Waals surface area (Å²) in [6.45, 7) is 3.67. The molecule has 2 nitrogen and oxygen atoms in total. The summed E-state index contributed by atoms with van der Waals surface area (Å²) in [5.74, 6) is -0.739. The fraction of sp³-hybridized carbons (Fsp3) is 0.231. The molecule has 3 heteroatoms. The molecule has 0 N–H and O–H groups in total. The summed E-state index contributed by atoms with van der Waals surface area (Å²) in [5, 5.41) is 17.9. The van der Waals surface area contributed by atoms with Gasteiger partial charge in [0.2, 0.25) is 0 Å². The Morgan fingerprint density at radius 3 is 2.56 bits per heavy atom. The molecule has 0 saturated carbocycles. The highest BCUT2D eigenvalue weighted by Gasteiger charge is 2.21. The van der Waals surface area contributed by atoms with Gasteiger partial charge >= 0.3 is 0 Å². The zero-order chi connectivity index (χ0) is 12.0. The van der Waals surface area contributed by atoms with Crippen LogP contribution < -0.4 is 0 Å². The Morgan fingerprint density at radius 2 is 2.06 bits per heavy atom. The second kappa shape index (κ2) is 6.10. The van der Waals surface area contributed by atoms with E-state index in [1.165, 1.54) is 0 Å². The molecule has 1 unspecified atom stereocenters. The van der Waals surface area contributed by atoms with Crippen molar-refractivity contribution >= 4 is 15.9 Å². The number of hydrogen-bond donors (Lipinski definition) is 0. The van der Waals surface area contributed by atoms with Crippen molar-refractivity contribution in [2.75, 3.05) is 0 Å². The number of allylic oxidation sites excluding steroid dienone is 1. The molecule has 0 saturated heterocycles. The molecule has 0 bridgehead atoms. The molecule has 0 spiro atoms. The molecule has 0 amide bonds. The lowest BCUT2D eigenvalue weighted by molar-refractivity contribution is 0.620. The number of nitrogens with zero attached hydrogens (tertiary/aromatic N) is 2. The summed E-state index contributed by atoms with van der Waals surface area (Å²) in [6, 6.07) is 11.8. The standard InChI is InChI=1S/C13H11BrN2/c1-2-4-13(11(8-15)9-16)10-5-3-6-12(14)7-10/h2-3,5-7,11,13H,1,4H2. The van der Waals surface area contributed by atoms with E-state index in [1.54, 1.807) is 6.08 Å². The lowest BCUT2D eigenvalue weighted by Gasteiger charge is -2.16. The summed E-state index contributed by atoms with van der Waals surface area (Å²) in [6.07, 6.45) is 2.37. The number of hydrogen-bond acceptors (Lipinski definition) is 2. The summed E-state index contributed by atoms with van der Waals surface area (Å²) in [7, 11) is 0. The maximum atomic E-state index is 8.94. The van der Waals surface area contributed by atoms with Crippen molar-refractivity contribution in [1.29, 1.82) is 10.5 Å². The van der Waals surface area contributed by atoms with Crippen LogP contribution in [0.3, 0.4) is 0 Å². The highest BCUT2D eigenvalue weighted by Crippen LogP contribution is 2.29. The van der Waals surface area contributed by atoms with Crippen molar-refractivity contribution in [3.63, 3.8) is 0 Å². The first-order valence-electron chi connectivity index (χ1n) is 4.88. The smallest absolute Gasteiger partial charge is 0.140 e. The average molecular weight is 275 g/mol. The van der Waals surface area contributed by atoms with Gasteiger partial charge in [-0.2, -0.15) is 10.5 Å². The molecule has 1 aromatic carbocycles. The zero-order valence-electron chi connectivity index (χ0n) is 8.73. The van der Waals surface area contributed by atoms with Crippen molar-refractivity contribution in [2.24, 2.45) is 5.92 Å². The second-order valence-corrected chi connectivity index (χ2v) is 4.34. The van der Waals surface area contributed by atoms with Crippen LogP contribution >= 0.6 is 15.9 Å². The maximum absolute atomic E-state index is 8.94. The molecule has 0 aromatic heterocycles. The summed E-state index contributed by atoms with van der Waals surface area (Å²) in [5.41, 5.74) is 0.988. The predicted molar refractivity (Wildman–Crippen MR) is 66.4 cm³/mol. The summed E-state index contributed by atoms with van der Waals surface area (Å²) in [4.78, 5) is 0. The zero-order valence-corrected chi connectivity index (χ0v) is 10.3.